The molecule has 0 aliphatic heterocycles. The Morgan fingerprint density at radius 3 is 0.400 bits per heavy atom. The molecule has 0 bridgehead atoms. The first-order valence-corrected chi connectivity index (χ1v) is 6.14. The van der Waals surface area contributed by atoms with E-state index in [4.69, 9.17) is 30.6 Å². The Balaban J connectivity index is -0.0000000141. The summed E-state index contributed by atoms with van der Waals surface area (Å²) in [4.78, 5) is 0. The van der Waals surface area contributed by atoms with Crippen molar-refractivity contribution >= 4 is 35.5 Å². The van der Waals surface area contributed by atoms with Gasteiger partial charge in [-0.05, 0) is 41.5 Å². The van der Waals surface area contributed by atoms with Crippen LogP contribution in [0.5, 0.6) is 0 Å². The molecule has 0 aliphatic rings. The first-order chi connectivity index (χ1) is 8.49. The van der Waals surface area contributed by atoms with Crippen LogP contribution in [0.15, 0.2) is 0 Å². The maximum absolute atomic E-state index is 7.57. The molecule has 0 aromatic heterocycles. The van der Waals surface area contributed by atoms with Crippen LogP contribution in [0, 0.1) is 0 Å². The van der Waals surface area contributed by atoms with Crippen molar-refractivity contribution in [3.63, 3.8) is 0 Å². The number of aliphatic hydroxyl groups is 6. The number of hydrogen-bond donors (Lipinski definition) is 6. The third kappa shape index (κ3) is 8960. The van der Waals surface area contributed by atoms with Gasteiger partial charge in [0, 0.05) is 39.6 Å². The van der Waals surface area contributed by atoms with Crippen LogP contribution in [0.4, 0.5) is 0 Å². The van der Waals surface area contributed by atoms with Gasteiger partial charge in [0.2, 0.25) is 0 Å². The van der Waals surface area contributed by atoms with Gasteiger partial charge in [0.05, 0.1) is 0 Å². The minimum absolute atomic E-state index is 0. The second-order valence-corrected chi connectivity index (χ2v) is 1.90. The molecule has 0 fully saturated rings. The van der Waals surface area contributed by atoms with Crippen LogP contribution in [0.25, 0.3) is 0 Å². The largest absolute Gasteiger partial charge is 0.397 e. The molecule has 0 atom stereocenters. The average Bonchev–Trinajstić information content (AvgIpc) is 2.23. The third-order valence-corrected chi connectivity index (χ3v) is 0. The zero-order valence-corrected chi connectivity index (χ0v) is 14.2. The van der Waals surface area contributed by atoms with Gasteiger partial charge in [-0.25, -0.2) is 0 Å². The molecule has 132 valence electrons. The van der Waals surface area contributed by atoms with Crippen molar-refractivity contribution in [3.05, 3.63) is 0 Å². The van der Waals surface area contributed by atoms with Crippen LogP contribution in [0.3, 0.4) is 0 Å². The molecule has 0 aromatic carbocycles. The van der Waals surface area contributed by atoms with E-state index in [0.29, 0.717) is 0 Å². The molecule has 0 aromatic rings. The molecule has 6 N–H and O–H groups in total. The minimum atomic E-state index is 0. The highest BCUT2D eigenvalue weighted by atomic mass is 35.5. The predicted molar refractivity (Wildman–Crippen MR) is 92.4 cm³/mol. The fourth-order valence-corrected chi connectivity index (χ4v) is 0. The smallest absolute Gasteiger partial charge is 0.316 e. The van der Waals surface area contributed by atoms with Crippen LogP contribution < -0.4 is 0 Å². The van der Waals surface area contributed by atoms with Gasteiger partial charge in [-0.2, -0.15) is 0 Å². The van der Waals surface area contributed by atoms with E-state index in [-0.39, 0.29) is 75.1 Å². The Morgan fingerprint density at radius 1 is 0.400 bits per heavy atom. The van der Waals surface area contributed by atoms with Gasteiger partial charge in [0.1, 0.15) is 0 Å². The monoisotopic (exact) mass is 338 g/mol. The van der Waals surface area contributed by atoms with E-state index in [9.17, 15) is 0 Å². The number of hydrogen-bond acceptors (Lipinski definition) is 6. The van der Waals surface area contributed by atoms with E-state index in [1.54, 1.807) is 41.5 Å². The van der Waals surface area contributed by atoms with E-state index in [2.05, 4.69) is 0 Å². The summed E-state index contributed by atoms with van der Waals surface area (Å²) in [6.45, 7) is 11.6. The van der Waals surface area contributed by atoms with Gasteiger partial charge < -0.3 is 30.6 Å². The summed E-state index contributed by atoms with van der Waals surface area (Å²) in [6, 6.07) is 0. The Bertz CT molecular complexity index is 43.4. The van der Waals surface area contributed by atoms with Crippen molar-refractivity contribution in [1.29, 1.82) is 0 Å². The van der Waals surface area contributed by atoms with E-state index in [1.165, 1.54) is 0 Å². The molecular weight excluding hydrogens is 300 g/mol. The molecule has 0 spiro atoms. The van der Waals surface area contributed by atoms with Crippen molar-refractivity contribution in [3.8, 4) is 0 Å². The molecule has 0 rings (SSSR count). The topological polar surface area (TPSA) is 121 Å². The Kier molecular flexibility index (Phi) is 376. The van der Waals surface area contributed by atoms with Crippen molar-refractivity contribution in [2.75, 3.05) is 39.6 Å². The van der Waals surface area contributed by atoms with Gasteiger partial charge in [0.15, 0.2) is 0 Å². The summed E-state index contributed by atoms with van der Waals surface area (Å²) in [6.07, 6.45) is 0. The zero-order chi connectivity index (χ0) is 16.2. The maximum atomic E-state index is 7.57. The predicted octanol–water partition coefficient (Wildman–Crippen LogP) is -0.503. The highest BCUT2D eigenvalue weighted by Crippen LogP contribution is 1.31. The maximum Gasteiger partial charge on any atom is 0.316 e. The van der Waals surface area contributed by atoms with Crippen molar-refractivity contribution < 1.29 is 30.6 Å². The minimum Gasteiger partial charge on any atom is -0.397 e. The SMILES string of the molecule is CCO.CCO.CCO.CCO.CCO.CCO.Cl.[MgH2]. The molecule has 0 radical (unpaired) electrons. The highest BCUT2D eigenvalue weighted by molar-refractivity contribution is 5.85. The first kappa shape index (κ1) is 49.8. The molecule has 0 unspecified atom stereocenters. The van der Waals surface area contributed by atoms with Crippen LogP contribution in [-0.4, -0.2) is 93.3 Å². The summed E-state index contributed by atoms with van der Waals surface area (Å²) < 4.78 is 0. The summed E-state index contributed by atoms with van der Waals surface area (Å²) in [5.41, 5.74) is 0. The molecular formula is C12H39ClMgO6. The summed E-state index contributed by atoms with van der Waals surface area (Å²) >= 11 is 0. The van der Waals surface area contributed by atoms with Crippen LogP contribution in [-0.2, 0) is 0 Å². The number of halogens is 1. The highest BCUT2D eigenvalue weighted by Gasteiger charge is 1.35. The van der Waals surface area contributed by atoms with Crippen LogP contribution in [0.2, 0.25) is 0 Å². The lowest BCUT2D eigenvalue weighted by molar-refractivity contribution is 0.318. The Morgan fingerprint density at radius 2 is 0.400 bits per heavy atom. The third-order valence-electron chi connectivity index (χ3n) is 0. The van der Waals surface area contributed by atoms with E-state index in [1.807, 2.05) is 0 Å². The second kappa shape index (κ2) is 151. The summed E-state index contributed by atoms with van der Waals surface area (Å²) in [5.74, 6) is 0. The van der Waals surface area contributed by atoms with Crippen molar-refractivity contribution in [2.45, 2.75) is 41.5 Å². The van der Waals surface area contributed by atoms with Crippen molar-refractivity contribution in [2.24, 2.45) is 0 Å². The molecule has 8 heteroatoms. The van der Waals surface area contributed by atoms with Crippen LogP contribution in [0.1, 0.15) is 41.5 Å². The lowest BCUT2D eigenvalue weighted by atomic mass is 10.9. The molecule has 0 saturated carbocycles. The van der Waals surface area contributed by atoms with Gasteiger partial charge in [0.25, 0.3) is 0 Å². The second-order valence-electron chi connectivity index (χ2n) is 1.90. The molecule has 0 saturated heterocycles. The number of aliphatic hydroxyl groups excluding tert-OH is 6. The quantitative estimate of drug-likeness (QED) is 0.331. The normalized spacial score (nSPS) is 5.40. The molecule has 20 heavy (non-hydrogen) atoms. The van der Waals surface area contributed by atoms with E-state index < -0.39 is 0 Å². The van der Waals surface area contributed by atoms with Gasteiger partial charge in [-0.1, -0.05) is 0 Å². The Labute approximate surface area is 147 Å². The standard InChI is InChI=1S/6C2H6O.ClH.Mg.2H/c6*1-2-3;;;;/h6*3H,2H2,1H3;1H;;;. The average molecular weight is 339 g/mol. The van der Waals surface area contributed by atoms with Crippen molar-refractivity contribution in [1.82, 2.24) is 0 Å². The first-order valence-electron chi connectivity index (χ1n) is 6.14. The zero-order valence-electron chi connectivity index (χ0n) is 13.3. The number of rotatable bonds is 0. The summed E-state index contributed by atoms with van der Waals surface area (Å²) in [7, 11) is 0. The molecule has 0 amide bonds. The van der Waals surface area contributed by atoms with Crippen LogP contribution >= 0.6 is 12.4 Å². The van der Waals surface area contributed by atoms with E-state index in [0.717, 1.165) is 0 Å². The van der Waals surface area contributed by atoms with Gasteiger partial charge >= 0.3 is 23.1 Å². The summed E-state index contributed by atoms with van der Waals surface area (Å²) in [5, 5.41) is 45.4. The fourth-order valence-electron chi connectivity index (χ4n) is 0. The molecule has 0 heterocycles. The molecule has 6 nitrogen and oxygen atoms in total. The van der Waals surface area contributed by atoms with Gasteiger partial charge in [-0.3, -0.25) is 0 Å². The molecule has 0 aliphatic carbocycles. The van der Waals surface area contributed by atoms with Gasteiger partial charge in [-0.15, -0.1) is 12.4 Å². The fraction of sp³-hybridized carbons (Fsp3) is 1.00. The lowest BCUT2D eigenvalue weighted by Crippen LogP contribution is -1.57. The lowest BCUT2D eigenvalue weighted by Gasteiger charge is -1.52. The van der Waals surface area contributed by atoms with E-state index >= 15 is 0 Å². The Hall–Kier alpha value is 0.816.